The first kappa shape index (κ1) is 16.8. The van der Waals surface area contributed by atoms with Gasteiger partial charge in [0.1, 0.15) is 17.8 Å². The molecule has 0 fully saturated rings. The van der Waals surface area contributed by atoms with Gasteiger partial charge in [-0.05, 0) is 37.1 Å². The molecule has 1 rings (SSSR count). The van der Waals surface area contributed by atoms with Gasteiger partial charge in [-0.25, -0.2) is 9.59 Å². The van der Waals surface area contributed by atoms with Gasteiger partial charge >= 0.3 is 11.9 Å². The Morgan fingerprint density at radius 2 is 1.48 bits per heavy atom. The fourth-order valence-electron chi connectivity index (χ4n) is 2.31. The topological polar surface area (TPSA) is 87.1 Å². The summed E-state index contributed by atoms with van der Waals surface area (Å²) >= 11 is 0. The molecule has 6 heteroatoms. The van der Waals surface area contributed by atoms with Crippen LogP contribution in [0.3, 0.4) is 0 Å². The minimum Gasteiger partial charge on any atom is -0.497 e. The van der Waals surface area contributed by atoms with Crippen LogP contribution in [0.4, 0.5) is 5.69 Å². The zero-order valence-corrected chi connectivity index (χ0v) is 12.4. The van der Waals surface area contributed by atoms with E-state index in [1.54, 1.807) is 38.1 Å². The maximum Gasteiger partial charge on any atom is 0.326 e. The summed E-state index contributed by atoms with van der Waals surface area (Å²) < 4.78 is 5.07. The highest BCUT2D eigenvalue weighted by atomic mass is 16.5. The molecule has 0 aliphatic rings. The molecule has 1 aromatic carbocycles. The van der Waals surface area contributed by atoms with Crippen molar-refractivity contribution in [2.75, 3.05) is 12.0 Å². The summed E-state index contributed by atoms with van der Waals surface area (Å²) in [7, 11) is 1.53. The van der Waals surface area contributed by atoms with E-state index in [1.165, 1.54) is 12.0 Å². The summed E-state index contributed by atoms with van der Waals surface area (Å²) in [5, 5.41) is 18.7. The van der Waals surface area contributed by atoms with Crippen LogP contribution in [0.25, 0.3) is 0 Å². The molecule has 0 aliphatic carbocycles. The summed E-state index contributed by atoms with van der Waals surface area (Å²) in [6.07, 6.45) is 0.621. The highest BCUT2D eigenvalue weighted by molar-refractivity contribution is 5.84. The first-order valence-electron chi connectivity index (χ1n) is 6.84. The van der Waals surface area contributed by atoms with Crippen molar-refractivity contribution in [2.45, 2.75) is 38.8 Å². The van der Waals surface area contributed by atoms with Crippen LogP contribution >= 0.6 is 0 Å². The minimum absolute atomic E-state index is 0.311. The number of rotatable bonds is 8. The van der Waals surface area contributed by atoms with Gasteiger partial charge in [-0.1, -0.05) is 13.8 Å². The van der Waals surface area contributed by atoms with Gasteiger partial charge in [0, 0.05) is 5.69 Å². The Bertz CT molecular complexity index is 463. The fourth-order valence-corrected chi connectivity index (χ4v) is 2.31. The van der Waals surface area contributed by atoms with Gasteiger partial charge < -0.3 is 19.8 Å². The molecule has 6 nitrogen and oxygen atoms in total. The van der Waals surface area contributed by atoms with E-state index in [4.69, 9.17) is 4.74 Å². The van der Waals surface area contributed by atoms with Gasteiger partial charge in [0.2, 0.25) is 0 Å². The van der Waals surface area contributed by atoms with Crippen molar-refractivity contribution in [3.63, 3.8) is 0 Å². The molecular weight excluding hydrogens is 274 g/mol. The van der Waals surface area contributed by atoms with Gasteiger partial charge in [0.05, 0.1) is 7.11 Å². The van der Waals surface area contributed by atoms with E-state index in [9.17, 15) is 19.8 Å². The lowest BCUT2D eigenvalue weighted by Crippen LogP contribution is -2.50. The van der Waals surface area contributed by atoms with Crippen LogP contribution in [0, 0.1) is 0 Å². The van der Waals surface area contributed by atoms with Crippen LogP contribution < -0.4 is 9.64 Å². The third-order valence-electron chi connectivity index (χ3n) is 3.39. The SMILES string of the molecule is CCC(C(=O)O)N(c1ccc(OC)cc1)C(CC)C(=O)O. The lowest BCUT2D eigenvalue weighted by molar-refractivity contribution is -0.140. The first-order chi connectivity index (χ1) is 9.96. The van der Waals surface area contributed by atoms with Crippen LogP contribution in [0.1, 0.15) is 26.7 Å². The zero-order valence-electron chi connectivity index (χ0n) is 12.4. The van der Waals surface area contributed by atoms with Gasteiger partial charge in [-0.2, -0.15) is 0 Å². The Morgan fingerprint density at radius 3 is 1.76 bits per heavy atom. The Kier molecular flexibility index (Phi) is 6.02. The number of methoxy groups -OCH3 is 1. The average Bonchev–Trinajstić information content (AvgIpc) is 2.46. The molecule has 21 heavy (non-hydrogen) atoms. The van der Waals surface area contributed by atoms with Gasteiger partial charge in [0.15, 0.2) is 0 Å². The molecule has 1 aromatic rings. The number of anilines is 1. The summed E-state index contributed by atoms with van der Waals surface area (Å²) in [5.74, 6) is -1.44. The number of carboxylic acids is 2. The minimum atomic E-state index is -1.03. The fraction of sp³-hybridized carbons (Fsp3) is 0.467. The molecule has 0 bridgehead atoms. The predicted molar refractivity (Wildman–Crippen MR) is 78.9 cm³/mol. The molecule has 0 aromatic heterocycles. The normalized spacial score (nSPS) is 13.3. The number of hydrogen-bond acceptors (Lipinski definition) is 4. The van der Waals surface area contributed by atoms with E-state index in [1.807, 2.05) is 0 Å². The third-order valence-corrected chi connectivity index (χ3v) is 3.39. The van der Waals surface area contributed by atoms with Crippen molar-refractivity contribution < 1.29 is 24.5 Å². The second-order valence-electron chi connectivity index (χ2n) is 4.63. The molecule has 2 unspecified atom stereocenters. The highest BCUT2D eigenvalue weighted by Crippen LogP contribution is 2.26. The van der Waals surface area contributed by atoms with E-state index in [2.05, 4.69) is 0 Å². The van der Waals surface area contributed by atoms with Crippen molar-refractivity contribution in [2.24, 2.45) is 0 Å². The van der Waals surface area contributed by atoms with Crippen LogP contribution in [-0.2, 0) is 9.59 Å². The van der Waals surface area contributed by atoms with E-state index < -0.39 is 24.0 Å². The van der Waals surface area contributed by atoms with Gasteiger partial charge in [-0.3, -0.25) is 0 Å². The number of ether oxygens (including phenoxy) is 1. The molecule has 0 radical (unpaired) electrons. The van der Waals surface area contributed by atoms with Gasteiger partial charge in [0.25, 0.3) is 0 Å². The molecule has 0 heterocycles. The Hall–Kier alpha value is -2.24. The second kappa shape index (κ2) is 7.52. The molecule has 0 saturated carbocycles. The van der Waals surface area contributed by atoms with Crippen LogP contribution in [0.2, 0.25) is 0 Å². The lowest BCUT2D eigenvalue weighted by atomic mass is 10.1. The molecule has 2 N–H and O–H groups in total. The van der Waals surface area contributed by atoms with Crippen molar-refractivity contribution in [1.82, 2.24) is 0 Å². The molecular formula is C15H21NO5. The summed E-state index contributed by atoms with van der Waals surface area (Å²) in [6.45, 7) is 3.45. The lowest BCUT2D eigenvalue weighted by Gasteiger charge is -2.35. The van der Waals surface area contributed by atoms with Crippen LogP contribution in [0.5, 0.6) is 5.75 Å². The Balaban J connectivity index is 3.27. The van der Waals surface area contributed by atoms with Crippen LogP contribution in [-0.4, -0.2) is 41.3 Å². The zero-order chi connectivity index (χ0) is 16.0. The third kappa shape index (κ3) is 3.87. The van der Waals surface area contributed by atoms with E-state index in [-0.39, 0.29) is 0 Å². The van der Waals surface area contributed by atoms with Crippen molar-refractivity contribution in [3.8, 4) is 5.75 Å². The standard InChI is InChI=1S/C15H21NO5/c1-4-12(14(17)18)16(13(5-2)15(19)20)10-6-8-11(21-3)9-7-10/h6-9,12-13H,4-5H2,1-3H3,(H,17,18)(H,19,20). The summed E-state index contributed by atoms with van der Waals surface area (Å²) in [4.78, 5) is 24.4. The number of carbonyl (C=O) groups is 2. The van der Waals surface area contributed by atoms with Crippen molar-refractivity contribution in [3.05, 3.63) is 24.3 Å². The number of hydrogen-bond donors (Lipinski definition) is 2. The molecule has 0 saturated heterocycles. The summed E-state index contributed by atoms with van der Waals surface area (Å²) in [5.41, 5.74) is 0.555. The maximum absolute atomic E-state index is 11.5. The second-order valence-corrected chi connectivity index (χ2v) is 4.63. The number of aliphatic carboxylic acids is 2. The van der Waals surface area contributed by atoms with E-state index in [0.717, 1.165) is 0 Å². The quantitative estimate of drug-likeness (QED) is 0.764. The predicted octanol–water partition coefficient (Wildman–Crippen LogP) is 2.23. The van der Waals surface area contributed by atoms with Gasteiger partial charge in [-0.15, -0.1) is 0 Å². The largest absolute Gasteiger partial charge is 0.497 e. The molecule has 0 amide bonds. The van der Waals surface area contributed by atoms with Crippen LogP contribution in [0.15, 0.2) is 24.3 Å². The maximum atomic E-state index is 11.5. The average molecular weight is 295 g/mol. The monoisotopic (exact) mass is 295 g/mol. The molecule has 2 atom stereocenters. The van der Waals surface area contributed by atoms with E-state index >= 15 is 0 Å². The number of nitrogens with zero attached hydrogens (tertiary/aromatic N) is 1. The van der Waals surface area contributed by atoms with Crippen molar-refractivity contribution >= 4 is 17.6 Å². The Morgan fingerprint density at radius 1 is 1.05 bits per heavy atom. The smallest absolute Gasteiger partial charge is 0.326 e. The number of benzene rings is 1. The first-order valence-corrected chi connectivity index (χ1v) is 6.84. The van der Waals surface area contributed by atoms with E-state index in [0.29, 0.717) is 24.3 Å². The Labute approximate surface area is 124 Å². The molecule has 0 spiro atoms. The molecule has 0 aliphatic heterocycles. The number of carboxylic acid groups (broad SMARTS) is 2. The highest BCUT2D eigenvalue weighted by Gasteiger charge is 2.33. The molecule has 116 valence electrons. The van der Waals surface area contributed by atoms with Crippen molar-refractivity contribution in [1.29, 1.82) is 0 Å². The summed E-state index contributed by atoms with van der Waals surface area (Å²) in [6, 6.07) is 4.95.